The molecule has 22 heavy (non-hydrogen) atoms. The number of nitrogens with one attached hydrogen (secondary N) is 1. The fourth-order valence-electron chi connectivity index (χ4n) is 2.35. The SMILES string of the molecule is CCn1c(SCC(=O)OC)nc2c([nH]c3ccccc32)c1=O. The second-order valence-electron chi connectivity index (χ2n) is 4.70. The lowest BCUT2D eigenvalue weighted by Crippen LogP contribution is -2.23. The van der Waals surface area contributed by atoms with Crippen molar-refractivity contribution in [3.8, 4) is 0 Å². The van der Waals surface area contributed by atoms with Crippen LogP contribution in [0.2, 0.25) is 0 Å². The molecule has 0 saturated carbocycles. The van der Waals surface area contributed by atoms with Crippen LogP contribution in [0.4, 0.5) is 0 Å². The lowest BCUT2D eigenvalue weighted by atomic mass is 10.2. The number of hydrogen-bond acceptors (Lipinski definition) is 5. The van der Waals surface area contributed by atoms with Crippen molar-refractivity contribution in [2.45, 2.75) is 18.6 Å². The number of aromatic nitrogens is 3. The van der Waals surface area contributed by atoms with E-state index in [0.717, 1.165) is 10.9 Å². The standard InChI is InChI=1S/C15H15N3O3S/c1-3-18-14(20)13-12(9-6-4-5-7-10(9)16-13)17-15(18)22-8-11(19)21-2/h4-7,16H,3,8H2,1-2H3. The Bertz CT molecular complexity index is 913. The summed E-state index contributed by atoms with van der Waals surface area (Å²) in [5.41, 5.74) is 1.87. The van der Waals surface area contributed by atoms with E-state index in [1.165, 1.54) is 18.9 Å². The van der Waals surface area contributed by atoms with Gasteiger partial charge in [-0.1, -0.05) is 30.0 Å². The molecule has 0 atom stereocenters. The molecule has 7 heteroatoms. The van der Waals surface area contributed by atoms with Crippen LogP contribution in [0, 0.1) is 0 Å². The lowest BCUT2D eigenvalue weighted by Gasteiger charge is -2.09. The van der Waals surface area contributed by atoms with E-state index in [-0.39, 0.29) is 17.3 Å². The number of fused-ring (bicyclic) bond motifs is 3. The summed E-state index contributed by atoms with van der Waals surface area (Å²) in [4.78, 5) is 31.7. The van der Waals surface area contributed by atoms with Crippen molar-refractivity contribution in [1.82, 2.24) is 14.5 Å². The smallest absolute Gasteiger partial charge is 0.316 e. The van der Waals surface area contributed by atoms with Gasteiger partial charge in [0.15, 0.2) is 5.16 Å². The zero-order chi connectivity index (χ0) is 15.7. The summed E-state index contributed by atoms with van der Waals surface area (Å²) in [6.07, 6.45) is 0. The van der Waals surface area contributed by atoms with Crippen LogP contribution < -0.4 is 5.56 Å². The molecule has 0 aliphatic carbocycles. The van der Waals surface area contributed by atoms with E-state index in [1.54, 1.807) is 4.57 Å². The van der Waals surface area contributed by atoms with Crippen LogP contribution in [-0.2, 0) is 16.1 Å². The van der Waals surface area contributed by atoms with E-state index in [9.17, 15) is 9.59 Å². The molecule has 0 aliphatic rings. The number of hydrogen-bond donors (Lipinski definition) is 1. The Morgan fingerprint density at radius 1 is 1.41 bits per heavy atom. The Labute approximate surface area is 130 Å². The first-order valence-electron chi connectivity index (χ1n) is 6.86. The van der Waals surface area contributed by atoms with Crippen LogP contribution in [0.1, 0.15) is 6.92 Å². The van der Waals surface area contributed by atoms with E-state index in [4.69, 9.17) is 0 Å². The minimum atomic E-state index is -0.346. The highest BCUT2D eigenvalue weighted by Crippen LogP contribution is 2.24. The minimum absolute atomic E-state index is 0.122. The normalized spacial score (nSPS) is 11.2. The van der Waals surface area contributed by atoms with Crippen molar-refractivity contribution in [1.29, 1.82) is 0 Å². The number of nitrogens with zero attached hydrogens (tertiary/aromatic N) is 2. The van der Waals surface area contributed by atoms with Crippen LogP contribution in [0.5, 0.6) is 0 Å². The van der Waals surface area contributed by atoms with E-state index in [1.807, 2.05) is 31.2 Å². The van der Waals surface area contributed by atoms with Crippen molar-refractivity contribution in [2.24, 2.45) is 0 Å². The predicted molar refractivity (Wildman–Crippen MR) is 86.3 cm³/mol. The van der Waals surface area contributed by atoms with Crippen molar-refractivity contribution in [3.63, 3.8) is 0 Å². The number of carbonyl (C=O) groups excluding carboxylic acids is 1. The molecule has 1 N–H and O–H groups in total. The Kier molecular flexibility index (Phi) is 3.89. The van der Waals surface area contributed by atoms with E-state index in [0.29, 0.717) is 22.7 Å². The molecule has 0 saturated heterocycles. The monoisotopic (exact) mass is 317 g/mol. The Morgan fingerprint density at radius 3 is 2.91 bits per heavy atom. The van der Waals surface area contributed by atoms with Crippen LogP contribution in [0.3, 0.4) is 0 Å². The van der Waals surface area contributed by atoms with Crippen LogP contribution in [0.25, 0.3) is 21.9 Å². The topological polar surface area (TPSA) is 77.0 Å². The molecule has 1 aromatic carbocycles. The number of benzene rings is 1. The second-order valence-corrected chi connectivity index (χ2v) is 5.65. The van der Waals surface area contributed by atoms with Crippen molar-refractivity contribution in [3.05, 3.63) is 34.6 Å². The molecule has 0 spiro atoms. The number of para-hydroxylation sites is 1. The summed E-state index contributed by atoms with van der Waals surface area (Å²) in [6, 6.07) is 7.65. The molecule has 0 bridgehead atoms. The molecule has 0 fully saturated rings. The summed E-state index contributed by atoms with van der Waals surface area (Å²) in [7, 11) is 1.34. The Hall–Kier alpha value is -2.28. The third kappa shape index (κ3) is 2.37. The second kappa shape index (κ2) is 5.84. The van der Waals surface area contributed by atoms with Gasteiger partial charge in [-0.2, -0.15) is 0 Å². The zero-order valence-electron chi connectivity index (χ0n) is 12.3. The van der Waals surface area contributed by atoms with Gasteiger partial charge < -0.3 is 9.72 Å². The fourth-order valence-corrected chi connectivity index (χ4v) is 3.24. The van der Waals surface area contributed by atoms with Crippen LogP contribution >= 0.6 is 11.8 Å². The van der Waals surface area contributed by atoms with Gasteiger partial charge in [-0.15, -0.1) is 0 Å². The maximum absolute atomic E-state index is 12.6. The average Bonchev–Trinajstić information content (AvgIpc) is 2.92. The molecule has 3 aromatic rings. The van der Waals surface area contributed by atoms with E-state index < -0.39 is 0 Å². The van der Waals surface area contributed by atoms with Gasteiger partial charge in [-0.3, -0.25) is 14.2 Å². The molecule has 0 aliphatic heterocycles. The molecule has 0 unspecified atom stereocenters. The third-order valence-corrected chi connectivity index (χ3v) is 4.39. The van der Waals surface area contributed by atoms with E-state index >= 15 is 0 Å². The van der Waals surface area contributed by atoms with Gasteiger partial charge in [0.05, 0.1) is 12.9 Å². The van der Waals surface area contributed by atoms with Gasteiger partial charge in [0.2, 0.25) is 0 Å². The molecule has 2 heterocycles. The highest BCUT2D eigenvalue weighted by molar-refractivity contribution is 7.99. The maximum Gasteiger partial charge on any atom is 0.316 e. The van der Waals surface area contributed by atoms with Gasteiger partial charge in [0, 0.05) is 17.4 Å². The highest BCUT2D eigenvalue weighted by Gasteiger charge is 2.15. The molecular weight excluding hydrogens is 302 g/mol. The van der Waals surface area contributed by atoms with Crippen molar-refractivity contribution < 1.29 is 9.53 Å². The molecule has 0 radical (unpaired) electrons. The first-order valence-corrected chi connectivity index (χ1v) is 7.85. The molecule has 2 aromatic heterocycles. The van der Waals surface area contributed by atoms with Crippen molar-refractivity contribution >= 4 is 39.7 Å². The Morgan fingerprint density at radius 2 is 2.18 bits per heavy atom. The maximum atomic E-state index is 12.6. The summed E-state index contributed by atoms with van der Waals surface area (Å²) in [5, 5.41) is 1.42. The van der Waals surface area contributed by atoms with Gasteiger partial charge in [-0.25, -0.2) is 4.98 Å². The predicted octanol–water partition coefficient (Wildman–Crippen LogP) is 2.16. The lowest BCUT2D eigenvalue weighted by molar-refractivity contribution is -0.137. The molecule has 3 rings (SSSR count). The number of methoxy groups -OCH3 is 1. The fraction of sp³-hybridized carbons (Fsp3) is 0.267. The number of carbonyl (C=O) groups is 1. The molecule has 6 nitrogen and oxygen atoms in total. The van der Waals surface area contributed by atoms with Gasteiger partial charge in [0.25, 0.3) is 5.56 Å². The molecule has 0 amide bonds. The van der Waals surface area contributed by atoms with Gasteiger partial charge >= 0.3 is 5.97 Å². The molecular formula is C15H15N3O3S. The quantitative estimate of drug-likeness (QED) is 0.453. The largest absolute Gasteiger partial charge is 0.468 e. The number of H-pyrrole nitrogens is 1. The average molecular weight is 317 g/mol. The van der Waals surface area contributed by atoms with Crippen LogP contribution in [0.15, 0.2) is 34.2 Å². The summed E-state index contributed by atoms with van der Waals surface area (Å²) in [5.74, 6) is -0.225. The Balaban J connectivity index is 2.20. The van der Waals surface area contributed by atoms with Crippen LogP contribution in [-0.4, -0.2) is 33.4 Å². The summed E-state index contributed by atoms with van der Waals surface area (Å²) < 4.78 is 6.20. The number of aromatic amines is 1. The number of rotatable bonds is 4. The number of esters is 1. The summed E-state index contributed by atoms with van der Waals surface area (Å²) >= 11 is 1.21. The first-order chi connectivity index (χ1) is 10.7. The van der Waals surface area contributed by atoms with Gasteiger partial charge in [0.1, 0.15) is 11.0 Å². The van der Waals surface area contributed by atoms with E-state index in [2.05, 4.69) is 14.7 Å². The van der Waals surface area contributed by atoms with Gasteiger partial charge in [-0.05, 0) is 13.0 Å². The minimum Gasteiger partial charge on any atom is -0.468 e. The summed E-state index contributed by atoms with van der Waals surface area (Å²) in [6.45, 7) is 2.36. The third-order valence-electron chi connectivity index (χ3n) is 3.44. The highest BCUT2D eigenvalue weighted by atomic mass is 32.2. The molecule has 114 valence electrons. The number of thioether (sulfide) groups is 1. The zero-order valence-corrected chi connectivity index (χ0v) is 13.1. The first kappa shape index (κ1) is 14.6. The van der Waals surface area contributed by atoms with Crippen molar-refractivity contribution in [2.75, 3.05) is 12.9 Å². The number of ether oxygens (including phenoxy) is 1.